The summed E-state index contributed by atoms with van der Waals surface area (Å²) < 4.78 is 24.0. The first-order valence-corrected chi connectivity index (χ1v) is 7.80. The number of primary sulfonamides is 1. The monoisotopic (exact) mass is 348 g/mol. The lowest BCUT2D eigenvalue weighted by atomic mass is 10.3. The third-order valence-corrected chi connectivity index (χ3v) is 4.12. The lowest BCUT2D eigenvalue weighted by Crippen LogP contribution is -2.17. The molecule has 3 N–H and O–H groups in total. The molecule has 0 atom stereocenters. The zero-order chi connectivity index (χ0) is 15.8. The molecule has 1 heterocycles. The summed E-state index contributed by atoms with van der Waals surface area (Å²) in [7, 11) is -2.29. The van der Waals surface area contributed by atoms with Crippen molar-refractivity contribution in [2.75, 3.05) is 5.32 Å². The molecule has 10 heteroatoms. The summed E-state index contributed by atoms with van der Waals surface area (Å²) >= 11 is 11.9. The summed E-state index contributed by atoms with van der Waals surface area (Å²) in [5.74, 6) is -0.484. The van der Waals surface area contributed by atoms with Gasteiger partial charge >= 0.3 is 0 Å². The highest BCUT2D eigenvalue weighted by molar-refractivity contribution is 7.89. The molecule has 0 aliphatic rings. The van der Waals surface area contributed by atoms with Gasteiger partial charge in [0.1, 0.15) is 5.69 Å². The molecule has 112 valence electrons. The van der Waals surface area contributed by atoms with Gasteiger partial charge in [0.25, 0.3) is 5.91 Å². The van der Waals surface area contributed by atoms with E-state index in [1.54, 1.807) is 7.05 Å². The van der Waals surface area contributed by atoms with Gasteiger partial charge in [-0.25, -0.2) is 18.5 Å². The number of rotatable bonds is 3. The first kappa shape index (κ1) is 15.8. The highest BCUT2D eigenvalue weighted by atomic mass is 35.5. The van der Waals surface area contributed by atoms with Crippen LogP contribution in [0.25, 0.3) is 0 Å². The van der Waals surface area contributed by atoms with E-state index in [0.29, 0.717) is 0 Å². The standard InChI is InChI=1S/C11H10Cl2N4O3S/c1-17-5-15-4-9(17)11(18)16-10-7(12)2-6(3-8(10)13)21(14,19)20/h2-5H,1H3,(H,16,18)(H2,14,19,20). The van der Waals surface area contributed by atoms with Gasteiger partial charge < -0.3 is 9.88 Å². The van der Waals surface area contributed by atoms with Crippen molar-refractivity contribution in [3.8, 4) is 0 Å². The molecule has 0 saturated carbocycles. The zero-order valence-electron chi connectivity index (χ0n) is 10.7. The molecule has 2 aromatic rings. The number of carbonyl (C=O) groups is 1. The Morgan fingerprint density at radius 2 is 1.90 bits per heavy atom. The third-order valence-electron chi connectivity index (χ3n) is 2.63. The van der Waals surface area contributed by atoms with Crippen LogP contribution in [-0.2, 0) is 17.1 Å². The van der Waals surface area contributed by atoms with Crippen molar-refractivity contribution >= 4 is 44.8 Å². The van der Waals surface area contributed by atoms with Crippen LogP contribution in [0.5, 0.6) is 0 Å². The van der Waals surface area contributed by atoms with Crippen molar-refractivity contribution in [2.24, 2.45) is 12.2 Å². The number of imidazole rings is 1. The lowest BCUT2D eigenvalue weighted by Gasteiger charge is -2.11. The molecular formula is C11H10Cl2N4O3S. The van der Waals surface area contributed by atoms with Crippen molar-refractivity contribution in [1.82, 2.24) is 9.55 Å². The highest BCUT2D eigenvalue weighted by Crippen LogP contribution is 2.33. The van der Waals surface area contributed by atoms with Gasteiger partial charge in [-0.3, -0.25) is 4.79 Å². The van der Waals surface area contributed by atoms with Gasteiger partial charge in [0.05, 0.1) is 33.2 Å². The largest absolute Gasteiger partial charge is 0.330 e. The smallest absolute Gasteiger partial charge is 0.274 e. The number of hydrogen-bond acceptors (Lipinski definition) is 4. The molecule has 7 nitrogen and oxygen atoms in total. The maximum atomic E-state index is 12.1. The van der Waals surface area contributed by atoms with E-state index in [9.17, 15) is 13.2 Å². The second-order valence-electron chi connectivity index (χ2n) is 4.15. The number of hydrogen-bond donors (Lipinski definition) is 2. The fourth-order valence-corrected chi connectivity index (χ4v) is 2.86. The predicted octanol–water partition coefficient (Wildman–Crippen LogP) is 1.63. The van der Waals surface area contributed by atoms with Gasteiger partial charge in [-0.15, -0.1) is 0 Å². The van der Waals surface area contributed by atoms with Crippen LogP contribution in [0.2, 0.25) is 10.0 Å². The molecule has 1 aromatic carbocycles. The van der Waals surface area contributed by atoms with Gasteiger partial charge in [-0.1, -0.05) is 23.2 Å². The fraction of sp³-hybridized carbons (Fsp3) is 0.0909. The van der Waals surface area contributed by atoms with E-state index in [4.69, 9.17) is 28.3 Å². The number of aryl methyl sites for hydroxylation is 1. The van der Waals surface area contributed by atoms with Crippen molar-refractivity contribution in [3.63, 3.8) is 0 Å². The molecule has 0 radical (unpaired) electrons. The van der Waals surface area contributed by atoms with Crippen molar-refractivity contribution in [3.05, 3.63) is 40.4 Å². The Morgan fingerprint density at radius 1 is 1.33 bits per heavy atom. The molecule has 0 fully saturated rings. The lowest BCUT2D eigenvalue weighted by molar-refractivity contribution is 0.101. The van der Waals surface area contributed by atoms with Gasteiger partial charge in [-0.05, 0) is 12.1 Å². The highest BCUT2D eigenvalue weighted by Gasteiger charge is 2.18. The molecule has 0 bridgehead atoms. The van der Waals surface area contributed by atoms with Crippen molar-refractivity contribution in [2.45, 2.75) is 4.90 Å². The van der Waals surface area contributed by atoms with E-state index >= 15 is 0 Å². The number of aromatic nitrogens is 2. The maximum Gasteiger partial charge on any atom is 0.274 e. The topological polar surface area (TPSA) is 107 Å². The van der Waals surface area contributed by atoms with Crippen LogP contribution < -0.4 is 10.5 Å². The minimum absolute atomic E-state index is 0.0398. The van der Waals surface area contributed by atoms with E-state index in [0.717, 1.165) is 12.1 Å². The van der Waals surface area contributed by atoms with Crippen LogP contribution in [0, 0.1) is 0 Å². The van der Waals surface area contributed by atoms with Crippen LogP contribution in [-0.4, -0.2) is 23.9 Å². The first-order valence-electron chi connectivity index (χ1n) is 5.49. The van der Waals surface area contributed by atoms with Crippen LogP contribution in [0.4, 0.5) is 5.69 Å². The quantitative estimate of drug-likeness (QED) is 0.878. The van der Waals surface area contributed by atoms with E-state index in [2.05, 4.69) is 10.3 Å². The molecule has 0 unspecified atom stereocenters. The summed E-state index contributed by atoms with van der Waals surface area (Å²) in [6.45, 7) is 0. The minimum atomic E-state index is -3.94. The van der Waals surface area contributed by atoms with E-state index in [1.165, 1.54) is 17.1 Å². The first-order chi connectivity index (χ1) is 9.70. The SMILES string of the molecule is Cn1cncc1C(=O)Nc1c(Cl)cc(S(N)(=O)=O)cc1Cl. The number of nitrogens with zero attached hydrogens (tertiary/aromatic N) is 2. The van der Waals surface area contributed by atoms with Crippen LogP contribution in [0.3, 0.4) is 0 Å². The summed E-state index contributed by atoms with van der Waals surface area (Å²) in [6, 6.07) is 2.23. The predicted molar refractivity (Wildman–Crippen MR) is 79.0 cm³/mol. The van der Waals surface area contributed by atoms with Gasteiger partial charge in [0, 0.05) is 7.05 Å². The Bertz CT molecular complexity index is 794. The molecule has 0 aliphatic heterocycles. The molecule has 0 saturated heterocycles. The van der Waals surface area contributed by atoms with Crippen molar-refractivity contribution < 1.29 is 13.2 Å². The number of anilines is 1. The fourth-order valence-electron chi connectivity index (χ4n) is 1.59. The Kier molecular flexibility index (Phi) is 4.24. The Morgan fingerprint density at radius 3 is 2.33 bits per heavy atom. The number of halogens is 2. The number of amides is 1. The minimum Gasteiger partial charge on any atom is -0.330 e. The average molecular weight is 349 g/mol. The summed E-state index contributed by atoms with van der Waals surface area (Å²) in [5, 5.41) is 7.42. The molecule has 21 heavy (non-hydrogen) atoms. The molecule has 1 amide bonds. The Hall–Kier alpha value is -1.61. The van der Waals surface area contributed by atoms with E-state index < -0.39 is 15.9 Å². The maximum absolute atomic E-state index is 12.1. The van der Waals surface area contributed by atoms with Gasteiger partial charge in [0.15, 0.2) is 0 Å². The second kappa shape index (κ2) is 5.64. The molecular weight excluding hydrogens is 339 g/mol. The van der Waals surface area contributed by atoms with Crippen molar-refractivity contribution in [1.29, 1.82) is 0 Å². The summed E-state index contributed by atoms with van der Waals surface area (Å²) in [4.78, 5) is 15.6. The number of carbonyl (C=O) groups excluding carboxylic acids is 1. The molecule has 0 aliphatic carbocycles. The molecule has 0 spiro atoms. The van der Waals surface area contributed by atoms with Crippen LogP contribution in [0.15, 0.2) is 29.6 Å². The number of benzene rings is 1. The second-order valence-corrected chi connectivity index (χ2v) is 6.53. The Labute approximate surface area is 130 Å². The third kappa shape index (κ3) is 3.35. The summed E-state index contributed by atoms with van der Waals surface area (Å²) in [5.41, 5.74) is 0.384. The van der Waals surface area contributed by atoms with Crippen LogP contribution in [0.1, 0.15) is 10.5 Å². The average Bonchev–Trinajstić information content (AvgIpc) is 2.78. The number of nitrogens with one attached hydrogen (secondary N) is 1. The molecule has 2 rings (SSSR count). The Balaban J connectivity index is 2.38. The van der Waals surface area contributed by atoms with E-state index in [-0.39, 0.29) is 26.3 Å². The zero-order valence-corrected chi connectivity index (χ0v) is 13.0. The van der Waals surface area contributed by atoms with Crippen LogP contribution >= 0.6 is 23.2 Å². The van der Waals surface area contributed by atoms with Gasteiger partial charge in [0.2, 0.25) is 10.0 Å². The number of nitrogens with two attached hydrogens (primary N) is 1. The summed E-state index contributed by atoms with van der Waals surface area (Å²) in [6.07, 6.45) is 2.83. The molecule has 1 aromatic heterocycles. The van der Waals surface area contributed by atoms with Gasteiger partial charge in [-0.2, -0.15) is 0 Å². The van der Waals surface area contributed by atoms with E-state index in [1.807, 2.05) is 0 Å². The number of sulfonamides is 1. The normalized spacial score (nSPS) is 11.4.